The maximum atomic E-state index is 12.8. The van der Waals surface area contributed by atoms with E-state index >= 15 is 0 Å². The number of hydrogen-bond donors (Lipinski definition) is 2. The summed E-state index contributed by atoms with van der Waals surface area (Å²) in [6.45, 7) is 2.05. The number of rotatable bonds is 8. The Morgan fingerprint density at radius 2 is 1.85 bits per heavy atom. The molecule has 1 aromatic rings. The molecule has 0 amide bonds. The fourth-order valence-corrected chi connectivity index (χ4v) is 4.07. The van der Waals surface area contributed by atoms with Crippen molar-refractivity contribution in [3.63, 3.8) is 0 Å². The van der Waals surface area contributed by atoms with E-state index in [0.717, 1.165) is 5.69 Å². The van der Waals surface area contributed by atoms with E-state index in [4.69, 9.17) is 0 Å². The summed E-state index contributed by atoms with van der Waals surface area (Å²) in [5.41, 5.74) is 0.906. The smallest absolute Gasteiger partial charge is 0.244 e. The molecular weight excluding hydrogens is 274 g/mol. The number of aromatic amines is 1. The molecule has 2 N–H and O–H groups in total. The minimum absolute atomic E-state index is 0.407. The lowest BCUT2D eigenvalue weighted by molar-refractivity contribution is 0.382. The maximum Gasteiger partial charge on any atom is 0.244 e. The van der Waals surface area contributed by atoms with Gasteiger partial charge < -0.3 is 10.3 Å². The van der Waals surface area contributed by atoms with Gasteiger partial charge in [-0.15, -0.1) is 0 Å². The summed E-state index contributed by atoms with van der Waals surface area (Å²) in [6.07, 6.45) is 6.32. The van der Waals surface area contributed by atoms with Gasteiger partial charge in [0.05, 0.1) is 4.90 Å². The molecule has 0 atom stereocenters. The SMILES string of the molecule is CNCc1cc(S(=O)(=O)N(CC2CC2)CC2CC2)c[nH]1. The number of nitrogens with zero attached hydrogens (tertiary/aromatic N) is 1. The highest BCUT2D eigenvalue weighted by Crippen LogP contribution is 2.36. The highest BCUT2D eigenvalue weighted by atomic mass is 32.2. The second-order valence-corrected chi connectivity index (χ2v) is 8.04. The molecule has 3 rings (SSSR count). The molecule has 2 aliphatic carbocycles. The van der Waals surface area contributed by atoms with Gasteiger partial charge in [-0.1, -0.05) is 0 Å². The summed E-state index contributed by atoms with van der Waals surface area (Å²) in [5.74, 6) is 1.17. The molecule has 112 valence electrons. The van der Waals surface area contributed by atoms with Gasteiger partial charge in [0.15, 0.2) is 0 Å². The van der Waals surface area contributed by atoms with Gasteiger partial charge >= 0.3 is 0 Å². The van der Waals surface area contributed by atoms with E-state index in [1.54, 1.807) is 16.6 Å². The zero-order chi connectivity index (χ0) is 14.2. The third-order valence-electron chi connectivity index (χ3n) is 4.04. The van der Waals surface area contributed by atoms with Crippen LogP contribution in [0.4, 0.5) is 0 Å². The van der Waals surface area contributed by atoms with Crippen LogP contribution >= 0.6 is 0 Å². The molecule has 1 heterocycles. The molecule has 0 aromatic carbocycles. The first-order valence-electron chi connectivity index (χ1n) is 7.41. The first kappa shape index (κ1) is 14.1. The van der Waals surface area contributed by atoms with Crippen LogP contribution in [0.25, 0.3) is 0 Å². The Kier molecular flexibility index (Phi) is 3.88. The minimum atomic E-state index is -3.33. The highest BCUT2D eigenvalue weighted by molar-refractivity contribution is 7.89. The normalized spacial score (nSPS) is 19.7. The van der Waals surface area contributed by atoms with Crippen LogP contribution in [0.2, 0.25) is 0 Å². The molecule has 20 heavy (non-hydrogen) atoms. The summed E-state index contributed by atoms with van der Waals surface area (Å²) in [6, 6.07) is 1.75. The molecular formula is C14H23N3O2S. The summed E-state index contributed by atoms with van der Waals surface area (Å²) < 4.78 is 27.2. The third kappa shape index (κ3) is 3.24. The van der Waals surface area contributed by atoms with E-state index < -0.39 is 10.0 Å². The molecule has 0 unspecified atom stereocenters. The van der Waals surface area contributed by atoms with Crippen LogP contribution in [-0.4, -0.2) is 37.8 Å². The van der Waals surface area contributed by atoms with Gasteiger partial charge in [0.25, 0.3) is 0 Å². The summed E-state index contributed by atoms with van der Waals surface area (Å²) in [5, 5.41) is 3.02. The van der Waals surface area contributed by atoms with E-state index in [9.17, 15) is 8.42 Å². The first-order valence-corrected chi connectivity index (χ1v) is 8.85. The second kappa shape index (κ2) is 5.50. The van der Waals surface area contributed by atoms with Gasteiger partial charge in [-0.05, 0) is 50.6 Å². The Bertz CT molecular complexity index is 545. The van der Waals surface area contributed by atoms with Crippen molar-refractivity contribution in [1.29, 1.82) is 0 Å². The number of hydrogen-bond acceptors (Lipinski definition) is 3. The topological polar surface area (TPSA) is 65.2 Å². The molecule has 2 aliphatic rings. The second-order valence-electron chi connectivity index (χ2n) is 6.10. The van der Waals surface area contributed by atoms with Crippen LogP contribution < -0.4 is 5.32 Å². The van der Waals surface area contributed by atoms with Crippen molar-refractivity contribution >= 4 is 10.0 Å². The lowest BCUT2D eigenvalue weighted by Gasteiger charge is -2.21. The first-order chi connectivity index (χ1) is 9.59. The summed E-state index contributed by atoms with van der Waals surface area (Å²) in [7, 11) is -1.49. The molecule has 6 heteroatoms. The van der Waals surface area contributed by atoms with Crippen molar-refractivity contribution in [2.45, 2.75) is 37.1 Å². The highest BCUT2D eigenvalue weighted by Gasteiger charge is 2.35. The Morgan fingerprint density at radius 1 is 1.25 bits per heavy atom. The van der Waals surface area contributed by atoms with Crippen molar-refractivity contribution in [3.8, 4) is 0 Å². The summed E-state index contributed by atoms with van der Waals surface area (Å²) >= 11 is 0. The number of sulfonamides is 1. The van der Waals surface area contributed by atoms with Gasteiger partial charge in [0, 0.05) is 31.5 Å². The zero-order valence-electron chi connectivity index (χ0n) is 11.9. The number of H-pyrrole nitrogens is 1. The number of aromatic nitrogens is 1. The minimum Gasteiger partial charge on any atom is -0.363 e. The molecule has 2 saturated carbocycles. The van der Waals surface area contributed by atoms with Crippen LogP contribution in [0.1, 0.15) is 31.4 Å². The molecule has 0 aliphatic heterocycles. The van der Waals surface area contributed by atoms with Gasteiger partial charge in [-0.25, -0.2) is 8.42 Å². The monoisotopic (exact) mass is 297 g/mol. The van der Waals surface area contributed by atoms with Crippen LogP contribution in [0.5, 0.6) is 0 Å². The quantitative estimate of drug-likeness (QED) is 0.765. The van der Waals surface area contributed by atoms with Gasteiger partial charge in [0.1, 0.15) is 0 Å². The zero-order valence-corrected chi connectivity index (χ0v) is 12.7. The van der Waals surface area contributed by atoms with E-state index in [0.29, 0.717) is 36.4 Å². The summed E-state index contributed by atoms with van der Waals surface area (Å²) in [4.78, 5) is 3.44. The largest absolute Gasteiger partial charge is 0.363 e. The van der Waals surface area contributed by atoms with Crippen LogP contribution in [0, 0.1) is 11.8 Å². The van der Waals surface area contributed by atoms with Crippen molar-refractivity contribution in [2.24, 2.45) is 11.8 Å². The average molecular weight is 297 g/mol. The fourth-order valence-electron chi connectivity index (χ4n) is 2.46. The van der Waals surface area contributed by atoms with Crippen molar-refractivity contribution < 1.29 is 8.42 Å². The van der Waals surface area contributed by atoms with Crippen molar-refractivity contribution in [3.05, 3.63) is 18.0 Å². The van der Waals surface area contributed by atoms with Crippen LogP contribution in [0.15, 0.2) is 17.2 Å². The predicted octanol–water partition coefficient (Wildman–Crippen LogP) is 1.54. The van der Waals surface area contributed by atoms with Crippen LogP contribution in [0.3, 0.4) is 0 Å². The molecule has 0 radical (unpaired) electrons. The maximum absolute atomic E-state index is 12.8. The molecule has 0 bridgehead atoms. The average Bonchev–Trinajstić information content (AvgIpc) is 3.32. The van der Waals surface area contributed by atoms with Crippen molar-refractivity contribution in [2.75, 3.05) is 20.1 Å². The van der Waals surface area contributed by atoms with Crippen molar-refractivity contribution in [1.82, 2.24) is 14.6 Å². The molecule has 0 saturated heterocycles. The Hall–Kier alpha value is -0.850. The Balaban J connectivity index is 1.77. The molecule has 5 nitrogen and oxygen atoms in total. The Labute approximate surface area is 120 Å². The van der Waals surface area contributed by atoms with E-state index in [-0.39, 0.29) is 0 Å². The van der Waals surface area contributed by atoms with E-state index in [1.807, 2.05) is 7.05 Å². The Morgan fingerprint density at radius 3 is 2.35 bits per heavy atom. The van der Waals surface area contributed by atoms with E-state index in [1.165, 1.54) is 25.7 Å². The standard InChI is InChI=1S/C14H23N3O2S/c1-15-7-13-6-14(8-16-13)20(18,19)17(9-11-2-3-11)10-12-4-5-12/h6,8,11-12,15-16H,2-5,7,9-10H2,1H3. The van der Waals surface area contributed by atoms with Gasteiger partial charge in [0.2, 0.25) is 10.0 Å². The van der Waals surface area contributed by atoms with E-state index in [2.05, 4.69) is 10.3 Å². The van der Waals surface area contributed by atoms with Gasteiger partial charge in [-0.3, -0.25) is 0 Å². The lowest BCUT2D eigenvalue weighted by Crippen LogP contribution is -2.34. The van der Waals surface area contributed by atoms with Crippen LogP contribution in [-0.2, 0) is 16.6 Å². The van der Waals surface area contributed by atoms with Gasteiger partial charge in [-0.2, -0.15) is 4.31 Å². The fraction of sp³-hybridized carbons (Fsp3) is 0.714. The molecule has 0 spiro atoms. The third-order valence-corrected chi connectivity index (χ3v) is 5.85. The molecule has 1 aromatic heterocycles. The number of nitrogens with one attached hydrogen (secondary N) is 2. The molecule has 2 fully saturated rings. The lowest BCUT2D eigenvalue weighted by atomic mass is 10.4. The predicted molar refractivity (Wildman–Crippen MR) is 77.8 cm³/mol.